The van der Waals surface area contributed by atoms with E-state index in [2.05, 4.69) is 15.9 Å². The predicted molar refractivity (Wildman–Crippen MR) is 70.8 cm³/mol. The molecule has 2 rings (SSSR count). The smallest absolute Gasteiger partial charge is 0.129 e. The Balaban J connectivity index is 2.16. The summed E-state index contributed by atoms with van der Waals surface area (Å²) < 4.78 is 32.7. The summed E-state index contributed by atoms with van der Waals surface area (Å²) in [6.07, 6.45) is 0. The predicted octanol–water partition coefficient (Wildman–Crippen LogP) is 3.80. The van der Waals surface area contributed by atoms with Crippen molar-refractivity contribution in [3.05, 3.63) is 63.6 Å². The van der Waals surface area contributed by atoms with Crippen LogP contribution in [0.25, 0.3) is 0 Å². The van der Waals surface area contributed by atoms with Crippen LogP contribution in [0.15, 0.2) is 40.9 Å². The molecule has 1 N–H and O–H groups in total. The largest absolute Gasteiger partial charge is 0.488 e. The van der Waals surface area contributed by atoms with Crippen LogP contribution in [0, 0.1) is 11.6 Å². The molecule has 0 spiro atoms. The van der Waals surface area contributed by atoms with Gasteiger partial charge in [0.05, 0.1) is 6.61 Å². The Morgan fingerprint density at radius 3 is 2.58 bits per heavy atom. The zero-order chi connectivity index (χ0) is 13.8. The van der Waals surface area contributed by atoms with Crippen molar-refractivity contribution in [2.24, 2.45) is 0 Å². The maximum atomic E-state index is 13.5. The summed E-state index contributed by atoms with van der Waals surface area (Å²) in [6.45, 7) is -0.335. The third-order valence-corrected chi connectivity index (χ3v) is 3.08. The zero-order valence-electron chi connectivity index (χ0n) is 9.87. The maximum absolute atomic E-state index is 13.5. The summed E-state index contributed by atoms with van der Waals surface area (Å²) in [5.74, 6) is -0.496. The van der Waals surface area contributed by atoms with Crippen LogP contribution >= 0.6 is 15.9 Å². The Hall–Kier alpha value is -1.46. The Labute approximate surface area is 117 Å². The first-order chi connectivity index (χ1) is 9.10. The van der Waals surface area contributed by atoms with Gasteiger partial charge in [-0.15, -0.1) is 0 Å². The molecule has 0 saturated heterocycles. The lowest BCUT2D eigenvalue weighted by Crippen LogP contribution is -2.01. The highest BCUT2D eigenvalue weighted by Crippen LogP contribution is 2.22. The first-order valence-corrected chi connectivity index (χ1v) is 6.35. The van der Waals surface area contributed by atoms with Crippen molar-refractivity contribution in [1.29, 1.82) is 0 Å². The van der Waals surface area contributed by atoms with Gasteiger partial charge in [-0.3, -0.25) is 0 Å². The SMILES string of the molecule is OCc1cc(F)ccc1OCc1cc(Br)ccc1F. The second kappa shape index (κ2) is 6.12. The van der Waals surface area contributed by atoms with Gasteiger partial charge in [0.1, 0.15) is 24.0 Å². The number of rotatable bonds is 4. The molecule has 0 radical (unpaired) electrons. The Kier molecular flexibility index (Phi) is 4.50. The van der Waals surface area contributed by atoms with Gasteiger partial charge in [-0.2, -0.15) is 0 Å². The molecule has 0 atom stereocenters. The van der Waals surface area contributed by atoms with Gasteiger partial charge < -0.3 is 9.84 Å². The van der Waals surface area contributed by atoms with E-state index in [9.17, 15) is 8.78 Å². The molecule has 5 heteroatoms. The minimum Gasteiger partial charge on any atom is -0.488 e. The molecule has 0 aliphatic rings. The molecule has 0 fully saturated rings. The van der Waals surface area contributed by atoms with E-state index in [0.717, 1.165) is 4.47 Å². The molecule has 0 heterocycles. The summed E-state index contributed by atoms with van der Waals surface area (Å²) in [5.41, 5.74) is 0.706. The Morgan fingerprint density at radius 2 is 1.84 bits per heavy atom. The molecule has 0 aliphatic heterocycles. The molecule has 0 saturated carbocycles. The average molecular weight is 329 g/mol. The highest BCUT2D eigenvalue weighted by atomic mass is 79.9. The van der Waals surface area contributed by atoms with Crippen LogP contribution in [0.5, 0.6) is 5.75 Å². The number of ether oxygens (including phenoxy) is 1. The van der Waals surface area contributed by atoms with Crippen molar-refractivity contribution >= 4 is 15.9 Å². The van der Waals surface area contributed by atoms with Gasteiger partial charge in [0.2, 0.25) is 0 Å². The number of hydrogen-bond donors (Lipinski definition) is 1. The van der Waals surface area contributed by atoms with E-state index in [4.69, 9.17) is 9.84 Å². The molecule has 0 aromatic heterocycles. The van der Waals surface area contributed by atoms with Gasteiger partial charge in [0.25, 0.3) is 0 Å². The van der Waals surface area contributed by atoms with E-state index < -0.39 is 5.82 Å². The van der Waals surface area contributed by atoms with Gasteiger partial charge in [0, 0.05) is 15.6 Å². The van der Waals surface area contributed by atoms with Gasteiger partial charge in [-0.05, 0) is 36.4 Å². The molecule has 19 heavy (non-hydrogen) atoms. The van der Waals surface area contributed by atoms with E-state index in [1.54, 1.807) is 12.1 Å². The van der Waals surface area contributed by atoms with Crippen molar-refractivity contribution in [3.63, 3.8) is 0 Å². The van der Waals surface area contributed by atoms with E-state index in [-0.39, 0.29) is 19.0 Å². The van der Waals surface area contributed by atoms with Crippen molar-refractivity contribution in [2.75, 3.05) is 0 Å². The lowest BCUT2D eigenvalue weighted by atomic mass is 10.2. The third kappa shape index (κ3) is 3.52. The highest BCUT2D eigenvalue weighted by Gasteiger charge is 2.07. The molecule has 2 nitrogen and oxygen atoms in total. The lowest BCUT2D eigenvalue weighted by molar-refractivity contribution is 0.256. The fourth-order valence-electron chi connectivity index (χ4n) is 1.62. The van der Waals surface area contributed by atoms with Crippen LogP contribution < -0.4 is 4.74 Å². The van der Waals surface area contributed by atoms with Crippen LogP contribution in [0.3, 0.4) is 0 Å². The van der Waals surface area contributed by atoms with Gasteiger partial charge in [-0.25, -0.2) is 8.78 Å². The van der Waals surface area contributed by atoms with Gasteiger partial charge in [0.15, 0.2) is 0 Å². The second-order valence-corrected chi connectivity index (χ2v) is 4.85. The number of aliphatic hydroxyl groups is 1. The number of halogens is 3. The fourth-order valence-corrected chi connectivity index (χ4v) is 2.03. The number of benzene rings is 2. The van der Waals surface area contributed by atoms with E-state index in [1.807, 2.05) is 0 Å². The molecule has 2 aromatic rings. The van der Waals surface area contributed by atoms with E-state index >= 15 is 0 Å². The van der Waals surface area contributed by atoms with E-state index in [1.165, 1.54) is 24.3 Å². The quantitative estimate of drug-likeness (QED) is 0.925. The summed E-state index contributed by atoms with van der Waals surface area (Å²) in [7, 11) is 0. The van der Waals surface area contributed by atoms with Crippen molar-refractivity contribution < 1.29 is 18.6 Å². The van der Waals surface area contributed by atoms with E-state index in [0.29, 0.717) is 16.9 Å². The van der Waals surface area contributed by atoms with Gasteiger partial charge in [-0.1, -0.05) is 15.9 Å². The number of aliphatic hydroxyl groups excluding tert-OH is 1. The first-order valence-electron chi connectivity index (χ1n) is 5.56. The third-order valence-electron chi connectivity index (χ3n) is 2.58. The highest BCUT2D eigenvalue weighted by molar-refractivity contribution is 9.10. The first kappa shape index (κ1) is 14.0. The molecule has 2 aromatic carbocycles. The van der Waals surface area contributed by atoms with Crippen LogP contribution in [-0.4, -0.2) is 5.11 Å². The van der Waals surface area contributed by atoms with Crippen LogP contribution in [-0.2, 0) is 13.2 Å². The van der Waals surface area contributed by atoms with Gasteiger partial charge >= 0.3 is 0 Å². The Morgan fingerprint density at radius 1 is 1.05 bits per heavy atom. The normalized spacial score (nSPS) is 10.5. The summed E-state index contributed by atoms with van der Waals surface area (Å²) >= 11 is 3.25. The minimum atomic E-state index is -0.454. The monoisotopic (exact) mass is 328 g/mol. The van der Waals surface area contributed by atoms with Crippen LogP contribution in [0.1, 0.15) is 11.1 Å². The van der Waals surface area contributed by atoms with Crippen molar-refractivity contribution in [3.8, 4) is 5.75 Å². The standard InChI is InChI=1S/C14H11BrF2O2/c15-11-1-3-13(17)10(5-11)8-19-14-4-2-12(16)6-9(14)7-18/h1-6,18H,7-8H2. The molecule has 0 unspecified atom stereocenters. The fraction of sp³-hybridized carbons (Fsp3) is 0.143. The summed E-state index contributed by atoms with van der Waals surface area (Å²) in [6, 6.07) is 8.36. The summed E-state index contributed by atoms with van der Waals surface area (Å²) in [5, 5.41) is 9.11. The molecule has 0 aliphatic carbocycles. The molecular formula is C14H11BrF2O2. The average Bonchev–Trinajstić information content (AvgIpc) is 2.40. The topological polar surface area (TPSA) is 29.5 Å². The maximum Gasteiger partial charge on any atom is 0.129 e. The zero-order valence-corrected chi connectivity index (χ0v) is 11.5. The number of hydrogen-bond acceptors (Lipinski definition) is 2. The molecule has 0 bridgehead atoms. The van der Waals surface area contributed by atoms with Crippen molar-refractivity contribution in [1.82, 2.24) is 0 Å². The Bertz CT molecular complexity index is 588. The van der Waals surface area contributed by atoms with Crippen molar-refractivity contribution in [2.45, 2.75) is 13.2 Å². The molecular weight excluding hydrogens is 318 g/mol. The molecule has 100 valence electrons. The minimum absolute atomic E-state index is 0.00387. The second-order valence-electron chi connectivity index (χ2n) is 3.93. The lowest BCUT2D eigenvalue weighted by Gasteiger charge is -2.11. The van der Waals surface area contributed by atoms with Crippen LogP contribution in [0.4, 0.5) is 8.78 Å². The summed E-state index contributed by atoms with van der Waals surface area (Å²) in [4.78, 5) is 0. The van der Waals surface area contributed by atoms with Crippen LogP contribution in [0.2, 0.25) is 0 Å². The molecule has 0 amide bonds.